The van der Waals surface area contributed by atoms with E-state index in [1.54, 1.807) is 0 Å². The van der Waals surface area contributed by atoms with Crippen LogP contribution in [0.2, 0.25) is 0 Å². The first kappa shape index (κ1) is 16.2. The molecule has 1 aliphatic heterocycles. The number of aromatic amines is 1. The van der Waals surface area contributed by atoms with Crippen LogP contribution in [0.4, 0.5) is 5.69 Å². The van der Waals surface area contributed by atoms with Gasteiger partial charge in [0.15, 0.2) is 0 Å². The molecule has 0 saturated heterocycles. The summed E-state index contributed by atoms with van der Waals surface area (Å²) in [5.41, 5.74) is 7.88. The molecule has 0 radical (unpaired) electrons. The highest BCUT2D eigenvalue weighted by Gasteiger charge is 2.25. The largest absolute Gasteiger partial charge is 0.359 e. The lowest BCUT2D eigenvalue weighted by atomic mass is 9.88. The van der Waals surface area contributed by atoms with Crippen LogP contribution in [-0.4, -0.2) is 10.9 Å². The van der Waals surface area contributed by atoms with Crippen molar-refractivity contribution in [1.29, 1.82) is 0 Å². The minimum atomic E-state index is 0.00302. The minimum Gasteiger partial charge on any atom is -0.359 e. The molecular formula is C22H26N2O. The molecule has 3 nitrogen and oxygen atoms in total. The van der Waals surface area contributed by atoms with Gasteiger partial charge in [0.25, 0.3) is 5.91 Å². The van der Waals surface area contributed by atoms with Crippen LogP contribution < -0.4 is 5.32 Å². The molecule has 0 spiro atoms. The number of hydrogen-bond acceptors (Lipinski definition) is 1. The number of benzene rings is 1. The van der Waals surface area contributed by atoms with E-state index in [1.807, 2.05) is 12.1 Å². The normalized spacial score (nSPS) is 20.5. The summed E-state index contributed by atoms with van der Waals surface area (Å²) in [6.45, 7) is 4.50. The number of H-pyrrole nitrogens is 1. The zero-order valence-electron chi connectivity index (χ0n) is 15.1. The Morgan fingerprint density at radius 2 is 2.16 bits per heavy atom. The third-order valence-electron chi connectivity index (χ3n) is 5.54. The van der Waals surface area contributed by atoms with Crippen LogP contribution >= 0.6 is 0 Å². The standard InChI is InChI=1S/C22H26N2O/c1-3-4-7-15-9-10-21-18(11-15)19(22(25)24-21)13-16-12-17-14(2)6-5-8-20(17)23-16/h9-14,23H,3-8H2,1-2H3,(H,24,25). The van der Waals surface area contributed by atoms with E-state index in [-0.39, 0.29) is 5.91 Å². The lowest BCUT2D eigenvalue weighted by molar-refractivity contribution is -0.110. The molecule has 1 aliphatic carbocycles. The number of aromatic nitrogens is 1. The van der Waals surface area contributed by atoms with Gasteiger partial charge >= 0.3 is 0 Å². The van der Waals surface area contributed by atoms with Crippen LogP contribution in [0.25, 0.3) is 11.6 Å². The van der Waals surface area contributed by atoms with Gasteiger partial charge in [0.1, 0.15) is 0 Å². The van der Waals surface area contributed by atoms with Crippen LogP contribution in [0.3, 0.4) is 0 Å². The monoisotopic (exact) mass is 334 g/mol. The highest BCUT2D eigenvalue weighted by atomic mass is 16.2. The molecule has 1 amide bonds. The van der Waals surface area contributed by atoms with Gasteiger partial charge in [-0.15, -0.1) is 0 Å². The van der Waals surface area contributed by atoms with E-state index in [1.165, 1.54) is 42.5 Å². The van der Waals surface area contributed by atoms with Crippen LogP contribution in [0.15, 0.2) is 24.3 Å². The average molecular weight is 334 g/mol. The Hall–Kier alpha value is -2.29. The number of rotatable bonds is 4. The van der Waals surface area contributed by atoms with Gasteiger partial charge in [0.05, 0.1) is 5.57 Å². The molecule has 1 unspecified atom stereocenters. The number of amides is 1. The van der Waals surface area contributed by atoms with E-state index in [2.05, 4.69) is 42.3 Å². The Kier molecular flexibility index (Phi) is 4.24. The van der Waals surface area contributed by atoms with Crippen LogP contribution in [0, 0.1) is 0 Å². The number of carbonyl (C=O) groups excluding carboxylic acids is 1. The second-order valence-electron chi connectivity index (χ2n) is 7.45. The quantitative estimate of drug-likeness (QED) is 0.733. The SMILES string of the molecule is CCCCc1ccc2c(c1)C(=Cc1cc3c([nH]1)CCCC3C)C(=O)N2. The Bertz CT molecular complexity index is 844. The molecule has 3 heteroatoms. The van der Waals surface area contributed by atoms with Crippen molar-refractivity contribution in [2.75, 3.05) is 5.32 Å². The van der Waals surface area contributed by atoms with Crippen LogP contribution in [-0.2, 0) is 17.6 Å². The predicted octanol–water partition coefficient (Wildman–Crippen LogP) is 5.29. The summed E-state index contributed by atoms with van der Waals surface area (Å²) in [5, 5.41) is 3.00. The highest BCUT2D eigenvalue weighted by Crippen LogP contribution is 2.36. The second-order valence-corrected chi connectivity index (χ2v) is 7.45. The number of unbranched alkanes of at least 4 members (excludes halogenated alkanes) is 1. The fraction of sp³-hybridized carbons (Fsp3) is 0.409. The third-order valence-corrected chi connectivity index (χ3v) is 5.54. The maximum atomic E-state index is 12.5. The number of aryl methyl sites for hydroxylation is 2. The molecule has 2 aliphatic rings. The van der Waals surface area contributed by atoms with Crippen molar-refractivity contribution >= 4 is 23.2 Å². The first-order chi connectivity index (χ1) is 12.2. The number of carbonyl (C=O) groups is 1. The number of hydrogen-bond donors (Lipinski definition) is 2. The van der Waals surface area contributed by atoms with Crippen molar-refractivity contribution in [3.63, 3.8) is 0 Å². The lowest BCUT2D eigenvalue weighted by Gasteiger charge is -2.17. The smallest absolute Gasteiger partial charge is 0.256 e. The molecule has 1 aromatic carbocycles. The zero-order chi connectivity index (χ0) is 17.4. The Morgan fingerprint density at radius 3 is 2.96 bits per heavy atom. The van der Waals surface area contributed by atoms with Gasteiger partial charge in [-0.2, -0.15) is 0 Å². The first-order valence-electron chi connectivity index (χ1n) is 9.54. The lowest BCUT2D eigenvalue weighted by Crippen LogP contribution is -2.04. The van der Waals surface area contributed by atoms with Crippen molar-refractivity contribution in [2.24, 2.45) is 0 Å². The molecule has 1 atom stereocenters. The summed E-state index contributed by atoms with van der Waals surface area (Å²) in [5.74, 6) is 0.612. The maximum absolute atomic E-state index is 12.5. The predicted molar refractivity (Wildman–Crippen MR) is 104 cm³/mol. The first-order valence-corrected chi connectivity index (χ1v) is 9.54. The molecule has 4 rings (SSSR count). The van der Waals surface area contributed by atoms with E-state index in [0.29, 0.717) is 5.92 Å². The Labute approximate surface area is 149 Å². The van der Waals surface area contributed by atoms with Crippen molar-refractivity contribution in [2.45, 2.75) is 58.3 Å². The molecule has 0 saturated carbocycles. The van der Waals surface area contributed by atoms with Crippen molar-refractivity contribution < 1.29 is 4.79 Å². The molecule has 2 aromatic rings. The minimum absolute atomic E-state index is 0.00302. The van der Waals surface area contributed by atoms with Gasteiger partial charge in [0, 0.05) is 22.6 Å². The molecule has 0 fully saturated rings. The van der Waals surface area contributed by atoms with E-state index < -0.39 is 0 Å². The summed E-state index contributed by atoms with van der Waals surface area (Å²) < 4.78 is 0. The maximum Gasteiger partial charge on any atom is 0.256 e. The van der Waals surface area contributed by atoms with Gasteiger partial charge in [-0.3, -0.25) is 4.79 Å². The van der Waals surface area contributed by atoms with Gasteiger partial charge < -0.3 is 10.3 Å². The van der Waals surface area contributed by atoms with E-state index >= 15 is 0 Å². The van der Waals surface area contributed by atoms with Gasteiger partial charge in [-0.05, 0) is 73.4 Å². The van der Waals surface area contributed by atoms with Gasteiger partial charge in [-0.1, -0.05) is 26.3 Å². The van der Waals surface area contributed by atoms with Gasteiger partial charge in [0.2, 0.25) is 0 Å². The Balaban J connectivity index is 1.69. The number of anilines is 1. The number of nitrogens with one attached hydrogen (secondary N) is 2. The van der Waals surface area contributed by atoms with Crippen LogP contribution in [0.1, 0.15) is 73.5 Å². The topological polar surface area (TPSA) is 44.9 Å². The fourth-order valence-corrected chi connectivity index (χ4v) is 4.07. The third kappa shape index (κ3) is 3.04. The molecule has 2 N–H and O–H groups in total. The second kappa shape index (κ2) is 6.55. The zero-order valence-corrected chi connectivity index (χ0v) is 15.1. The van der Waals surface area contributed by atoms with Crippen LogP contribution in [0.5, 0.6) is 0 Å². The van der Waals surface area contributed by atoms with Crippen molar-refractivity contribution in [3.8, 4) is 0 Å². The molecule has 130 valence electrons. The van der Waals surface area contributed by atoms with E-state index in [0.717, 1.165) is 35.4 Å². The average Bonchev–Trinajstić information content (AvgIpc) is 3.15. The summed E-state index contributed by atoms with van der Waals surface area (Å²) in [4.78, 5) is 16.0. The fourth-order valence-electron chi connectivity index (χ4n) is 4.07. The molecule has 2 heterocycles. The van der Waals surface area contributed by atoms with Crippen molar-refractivity contribution in [1.82, 2.24) is 4.98 Å². The van der Waals surface area contributed by atoms with E-state index in [4.69, 9.17) is 0 Å². The highest BCUT2D eigenvalue weighted by molar-refractivity contribution is 6.34. The molecule has 25 heavy (non-hydrogen) atoms. The van der Waals surface area contributed by atoms with Crippen molar-refractivity contribution in [3.05, 3.63) is 52.3 Å². The molecule has 1 aromatic heterocycles. The summed E-state index contributed by atoms with van der Waals surface area (Å²) in [6, 6.07) is 8.59. The summed E-state index contributed by atoms with van der Waals surface area (Å²) >= 11 is 0. The van der Waals surface area contributed by atoms with E-state index in [9.17, 15) is 4.79 Å². The van der Waals surface area contributed by atoms with Gasteiger partial charge in [-0.25, -0.2) is 0 Å². The molecular weight excluding hydrogens is 308 g/mol. The summed E-state index contributed by atoms with van der Waals surface area (Å²) in [7, 11) is 0. The summed E-state index contributed by atoms with van der Waals surface area (Å²) in [6.07, 6.45) is 9.07. The number of fused-ring (bicyclic) bond motifs is 2. The molecule has 0 bridgehead atoms. The Morgan fingerprint density at radius 1 is 1.28 bits per heavy atom.